The molecule has 144 valence electrons. The van der Waals surface area contributed by atoms with Crippen molar-refractivity contribution in [1.82, 2.24) is 19.7 Å². The zero-order chi connectivity index (χ0) is 19.9. The number of amides is 1. The highest BCUT2D eigenvalue weighted by Gasteiger charge is 2.15. The molecule has 0 fully saturated rings. The Labute approximate surface area is 165 Å². The molecule has 2 aromatic carbocycles. The third-order valence-corrected chi connectivity index (χ3v) is 4.60. The molecule has 3 aromatic rings. The molecule has 0 N–H and O–H groups in total. The van der Waals surface area contributed by atoms with E-state index in [4.69, 9.17) is 4.74 Å². The maximum absolute atomic E-state index is 12.5. The van der Waals surface area contributed by atoms with Crippen molar-refractivity contribution < 1.29 is 9.53 Å². The zero-order valence-corrected chi connectivity index (χ0v) is 16.3. The largest absolute Gasteiger partial charge is 0.494 e. The fourth-order valence-corrected chi connectivity index (χ4v) is 2.79. The van der Waals surface area contributed by atoms with Crippen molar-refractivity contribution in [2.75, 3.05) is 13.7 Å². The summed E-state index contributed by atoms with van der Waals surface area (Å²) in [5.41, 5.74) is 2.93. The van der Waals surface area contributed by atoms with Gasteiger partial charge in [0.25, 0.3) is 0 Å². The van der Waals surface area contributed by atoms with Gasteiger partial charge >= 0.3 is 0 Å². The van der Waals surface area contributed by atoms with Crippen LogP contribution in [0.4, 0.5) is 0 Å². The molecule has 1 atom stereocenters. The highest BCUT2D eigenvalue weighted by molar-refractivity contribution is 5.91. The molecule has 1 aromatic heterocycles. The monoisotopic (exact) mass is 376 g/mol. The Kier molecular flexibility index (Phi) is 6.22. The lowest BCUT2D eigenvalue weighted by Crippen LogP contribution is -2.27. The molecule has 0 saturated carbocycles. The third kappa shape index (κ3) is 4.65. The maximum atomic E-state index is 12.5. The Balaban J connectivity index is 1.63. The van der Waals surface area contributed by atoms with Crippen LogP contribution in [0.2, 0.25) is 0 Å². The van der Waals surface area contributed by atoms with Crippen molar-refractivity contribution in [3.05, 3.63) is 78.4 Å². The Morgan fingerprint density at radius 2 is 1.89 bits per heavy atom. The van der Waals surface area contributed by atoms with Gasteiger partial charge in [0, 0.05) is 13.1 Å². The molecule has 1 amide bonds. The standard InChI is InChI=1S/C22H24N4O2/c1-4-28-21-12-5-18(6-13-21)7-14-22(27)25(3)17(2)19-8-10-20(11-9-19)26-16-23-15-24-26/h5-17H,4H2,1-3H3/b14-7+. The average molecular weight is 376 g/mol. The van der Waals surface area contributed by atoms with Crippen molar-refractivity contribution in [2.24, 2.45) is 0 Å². The van der Waals surface area contributed by atoms with Crippen LogP contribution in [0.15, 0.2) is 67.3 Å². The number of nitrogens with zero attached hydrogens (tertiary/aromatic N) is 4. The van der Waals surface area contributed by atoms with Gasteiger partial charge in [-0.15, -0.1) is 0 Å². The quantitative estimate of drug-likeness (QED) is 0.587. The molecule has 6 nitrogen and oxygen atoms in total. The van der Waals surface area contributed by atoms with Gasteiger partial charge in [0.15, 0.2) is 0 Å². The lowest BCUT2D eigenvalue weighted by Gasteiger charge is -2.24. The van der Waals surface area contributed by atoms with Gasteiger partial charge in [0.1, 0.15) is 18.4 Å². The molecule has 0 bridgehead atoms. The van der Waals surface area contributed by atoms with Gasteiger partial charge in [-0.2, -0.15) is 5.10 Å². The fourth-order valence-electron chi connectivity index (χ4n) is 2.79. The molecule has 28 heavy (non-hydrogen) atoms. The number of ether oxygens (including phenoxy) is 1. The number of rotatable bonds is 7. The summed E-state index contributed by atoms with van der Waals surface area (Å²) < 4.78 is 7.13. The minimum absolute atomic E-state index is 0.0534. The lowest BCUT2D eigenvalue weighted by molar-refractivity contribution is -0.126. The van der Waals surface area contributed by atoms with Crippen molar-refractivity contribution >= 4 is 12.0 Å². The smallest absolute Gasteiger partial charge is 0.246 e. The zero-order valence-electron chi connectivity index (χ0n) is 16.3. The minimum atomic E-state index is -0.0539. The van der Waals surface area contributed by atoms with E-state index in [-0.39, 0.29) is 11.9 Å². The van der Waals surface area contributed by atoms with E-state index in [1.54, 1.807) is 29.0 Å². The van der Waals surface area contributed by atoms with Crippen LogP contribution in [0.25, 0.3) is 11.8 Å². The van der Waals surface area contributed by atoms with Crippen molar-refractivity contribution in [1.29, 1.82) is 0 Å². The average Bonchev–Trinajstić information content (AvgIpc) is 3.27. The molecule has 0 spiro atoms. The first kappa shape index (κ1) is 19.4. The topological polar surface area (TPSA) is 60.2 Å². The van der Waals surface area contributed by atoms with Crippen molar-refractivity contribution in [3.63, 3.8) is 0 Å². The molecule has 6 heteroatoms. The van der Waals surface area contributed by atoms with E-state index < -0.39 is 0 Å². The maximum Gasteiger partial charge on any atom is 0.246 e. The highest BCUT2D eigenvalue weighted by Crippen LogP contribution is 2.21. The number of hydrogen-bond donors (Lipinski definition) is 0. The number of carbonyl (C=O) groups is 1. The second-order valence-electron chi connectivity index (χ2n) is 6.39. The third-order valence-electron chi connectivity index (χ3n) is 4.60. The number of hydrogen-bond acceptors (Lipinski definition) is 4. The van der Waals surface area contributed by atoms with Crippen LogP contribution in [-0.2, 0) is 4.79 Å². The van der Waals surface area contributed by atoms with Gasteiger partial charge in [-0.05, 0) is 55.3 Å². The first-order valence-corrected chi connectivity index (χ1v) is 9.21. The summed E-state index contributed by atoms with van der Waals surface area (Å²) in [7, 11) is 1.81. The molecule has 0 aliphatic heterocycles. The normalized spacial score (nSPS) is 12.1. The van der Waals surface area contributed by atoms with E-state index in [9.17, 15) is 4.79 Å². The lowest BCUT2D eigenvalue weighted by atomic mass is 10.1. The van der Waals surface area contributed by atoms with Crippen LogP contribution in [0.3, 0.4) is 0 Å². The Morgan fingerprint density at radius 1 is 1.18 bits per heavy atom. The van der Waals surface area contributed by atoms with E-state index in [0.717, 1.165) is 22.6 Å². The van der Waals surface area contributed by atoms with Crippen LogP contribution in [0.1, 0.15) is 31.0 Å². The molecule has 1 unspecified atom stereocenters. The van der Waals surface area contributed by atoms with E-state index in [1.807, 2.05) is 68.5 Å². The predicted octanol–water partition coefficient (Wildman–Crippen LogP) is 3.90. The minimum Gasteiger partial charge on any atom is -0.494 e. The second-order valence-corrected chi connectivity index (χ2v) is 6.39. The molecule has 0 radical (unpaired) electrons. The summed E-state index contributed by atoms with van der Waals surface area (Å²) >= 11 is 0. The summed E-state index contributed by atoms with van der Waals surface area (Å²) in [5.74, 6) is 0.771. The summed E-state index contributed by atoms with van der Waals surface area (Å²) in [4.78, 5) is 18.2. The SMILES string of the molecule is CCOc1ccc(/C=C/C(=O)N(C)C(C)c2ccc(-n3cncn3)cc2)cc1. The first-order valence-electron chi connectivity index (χ1n) is 9.21. The molecule has 1 heterocycles. The van der Waals surface area contributed by atoms with Crippen molar-refractivity contribution in [3.8, 4) is 11.4 Å². The predicted molar refractivity (Wildman–Crippen MR) is 109 cm³/mol. The van der Waals surface area contributed by atoms with Gasteiger partial charge in [-0.25, -0.2) is 9.67 Å². The van der Waals surface area contributed by atoms with Crippen LogP contribution in [-0.4, -0.2) is 39.2 Å². The van der Waals surface area contributed by atoms with Gasteiger partial charge < -0.3 is 9.64 Å². The highest BCUT2D eigenvalue weighted by atomic mass is 16.5. The van der Waals surface area contributed by atoms with E-state index in [0.29, 0.717) is 6.61 Å². The van der Waals surface area contributed by atoms with Gasteiger partial charge in [0.05, 0.1) is 18.3 Å². The van der Waals surface area contributed by atoms with Crippen molar-refractivity contribution in [2.45, 2.75) is 19.9 Å². The van der Waals surface area contributed by atoms with E-state index >= 15 is 0 Å². The van der Waals surface area contributed by atoms with Gasteiger partial charge in [-0.3, -0.25) is 4.79 Å². The number of likely N-dealkylation sites (N-methyl/N-ethyl adjacent to an activating group) is 1. The first-order chi connectivity index (χ1) is 13.6. The summed E-state index contributed by atoms with van der Waals surface area (Å²) in [6.45, 7) is 4.59. The van der Waals surface area contributed by atoms with Crippen LogP contribution in [0, 0.1) is 0 Å². The second kappa shape index (κ2) is 8.99. The van der Waals surface area contributed by atoms with Gasteiger partial charge in [-0.1, -0.05) is 24.3 Å². The fraction of sp³-hybridized carbons (Fsp3) is 0.227. The molecular formula is C22H24N4O2. The molecule has 3 rings (SSSR count). The number of aromatic nitrogens is 3. The molecular weight excluding hydrogens is 352 g/mol. The van der Waals surface area contributed by atoms with E-state index in [2.05, 4.69) is 10.1 Å². The Bertz CT molecular complexity index is 916. The molecule has 0 aliphatic carbocycles. The molecule has 0 aliphatic rings. The van der Waals surface area contributed by atoms with Crippen LogP contribution in [0.5, 0.6) is 5.75 Å². The molecule has 0 saturated heterocycles. The number of carbonyl (C=O) groups excluding carboxylic acids is 1. The van der Waals surface area contributed by atoms with Crippen LogP contribution >= 0.6 is 0 Å². The van der Waals surface area contributed by atoms with Crippen LogP contribution < -0.4 is 4.74 Å². The Morgan fingerprint density at radius 3 is 2.50 bits per heavy atom. The summed E-state index contributed by atoms with van der Waals surface area (Å²) in [5, 5.41) is 4.12. The summed E-state index contributed by atoms with van der Waals surface area (Å²) in [6, 6.07) is 15.5. The van der Waals surface area contributed by atoms with E-state index in [1.165, 1.54) is 6.33 Å². The number of benzene rings is 2. The van der Waals surface area contributed by atoms with Gasteiger partial charge in [0.2, 0.25) is 5.91 Å². The summed E-state index contributed by atoms with van der Waals surface area (Å²) in [6.07, 6.45) is 6.56. The Hall–Kier alpha value is -3.41.